The zero-order chi connectivity index (χ0) is 18.8. The molecule has 0 bridgehead atoms. The Hall–Kier alpha value is -3.67. The summed E-state index contributed by atoms with van der Waals surface area (Å²) < 4.78 is 7.22. The summed E-state index contributed by atoms with van der Waals surface area (Å²) in [5.74, 6) is 1.50. The van der Waals surface area contributed by atoms with Crippen molar-refractivity contribution >= 4 is 17.2 Å². The van der Waals surface area contributed by atoms with Crippen molar-refractivity contribution in [1.82, 2.24) is 9.38 Å². The zero-order valence-corrected chi connectivity index (χ0v) is 15.0. The Morgan fingerprint density at radius 3 is 2.59 bits per heavy atom. The molecule has 27 heavy (non-hydrogen) atoms. The van der Waals surface area contributed by atoms with Crippen molar-refractivity contribution in [1.29, 1.82) is 0 Å². The van der Waals surface area contributed by atoms with Crippen LogP contribution >= 0.6 is 0 Å². The molecule has 0 unspecified atom stereocenters. The van der Waals surface area contributed by atoms with Crippen LogP contribution in [0.2, 0.25) is 0 Å². The molecule has 2 aromatic heterocycles. The third-order valence-corrected chi connectivity index (χ3v) is 4.31. The minimum atomic E-state index is 0.0805. The molecule has 0 atom stereocenters. The number of azo groups is 1. The summed E-state index contributed by atoms with van der Waals surface area (Å²) in [6.45, 7) is 1.99. The fraction of sp³-hybridized carbons (Fsp3) is 0.0952. The number of imidazole rings is 1. The third-order valence-electron chi connectivity index (χ3n) is 4.31. The van der Waals surface area contributed by atoms with Gasteiger partial charge in [0.05, 0.1) is 7.11 Å². The molecule has 0 saturated carbocycles. The van der Waals surface area contributed by atoms with Crippen LogP contribution in [0.15, 0.2) is 77.1 Å². The van der Waals surface area contributed by atoms with Gasteiger partial charge in [-0.2, -0.15) is 0 Å². The van der Waals surface area contributed by atoms with E-state index in [9.17, 15) is 5.11 Å². The van der Waals surface area contributed by atoms with Crippen LogP contribution in [0.1, 0.15) is 5.56 Å². The minimum absolute atomic E-state index is 0.0805. The Labute approximate surface area is 156 Å². The number of hydrogen-bond acceptors (Lipinski definition) is 5. The van der Waals surface area contributed by atoms with Crippen LogP contribution < -0.4 is 4.74 Å². The van der Waals surface area contributed by atoms with E-state index in [4.69, 9.17) is 9.72 Å². The molecule has 6 nitrogen and oxygen atoms in total. The smallest absolute Gasteiger partial charge is 0.187 e. The highest BCUT2D eigenvalue weighted by atomic mass is 16.5. The number of aromatic hydroxyl groups is 1. The highest BCUT2D eigenvalue weighted by Gasteiger charge is 2.15. The van der Waals surface area contributed by atoms with Gasteiger partial charge in [-0.15, -0.1) is 10.2 Å². The van der Waals surface area contributed by atoms with Crippen LogP contribution in [0.5, 0.6) is 11.5 Å². The zero-order valence-electron chi connectivity index (χ0n) is 15.0. The van der Waals surface area contributed by atoms with Crippen LogP contribution in [-0.4, -0.2) is 21.6 Å². The monoisotopic (exact) mass is 358 g/mol. The van der Waals surface area contributed by atoms with E-state index in [0.29, 0.717) is 17.2 Å². The van der Waals surface area contributed by atoms with Gasteiger partial charge in [0.1, 0.15) is 28.5 Å². The second-order valence-corrected chi connectivity index (χ2v) is 6.09. The van der Waals surface area contributed by atoms with Gasteiger partial charge >= 0.3 is 0 Å². The van der Waals surface area contributed by atoms with E-state index in [1.165, 1.54) is 0 Å². The van der Waals surface area contributed by atoms with Gasteiger partial charge in [-0.1, -0.05) is 18.2 Å². The van der Waals surface area contributed by atoms with E-state index < -0.39 is 0 Å². The number of phenols is 1. The van der Waals surface area contributed by atoms with E-state index in [-0.39, 0.29) is 5.75 Å². The quantitative estimate of drug-likeness (QED) is 0.494. The maximum atomic E-state index is 9.94. The average Bonchev–Trinajstić information content (AvgIpc) is 3.06. The number of hydrogen-bond donors (Lipinski definition) is 1. The Bertz CT molecular complexity index is 1150. The number of pyridine rings is 1. The third kappa shape index (κ3) is 3.13. The molecule has 0 aliphatic heterocycles. The van der Waals surface area contributed by atoms with E-state index in [0.717, 1.165) is 22.5 Å². The summed E-state index contributed by atoms with van der Waals surface area (Å²) in [6.07, 6.45) is 1.89. The Balaban J connectivity index is 1.87. The average molecular weight is 358 g/mol. The molecule has 2 heterocycles. The highest BCUT2D eigenvalue weighted by molar-refractivity contribution is 5.75. The Kier molecular flexibility index (Phi) is 4.30. The lowest BCUT2D eigenvalue weighted by atomic mass is 10.1. The van der Waals surface area contributed by atoms with E-state index in [1.807, 2.05) is 53.9 Å². The second kappa shape index (κ2) is 6.92. The van der Waals surface area contributed by atoms with Gasteiger partial charge in [-0.3, -0.25) is 4.40 Å². The van der Waals surface area contributed by atoms with Crippen LogP contribution in [0.4, 0.5) is 11.5 Å². The second-order valence-electron chi connectivity index (χ2n) is 6.09. The molecule has 0 aliphatic rings. The molecule has 0 radical (unpaired) electrons. The molecule has 1 N–H and O–H groups in total. The fourth-order valence-electron chi connectivity index (χ4n) is 2.95. The molecule has 0 spiro atoms. The van der Waals surface area contributed by atoms with Crippen molar-refractivity contribution in [2.75, 3.05) is 7.11 Å². The first-order valence-corrected chi connectivity index (χ1v) is 8.49. The molecule has 0 aliphatic carbocycles. The van der Waals surface area contributed by atoms with Crippen LogP contribution in [0.3, 0.4) is 0 Å². The van der Waals surface area contributed by atoms with Crippen molar-refractivity contribution in [2.24, 2.45) is 10.2 Å². The number of rotatable bonds is 4. The number of para-hydroxylation sites is 1. The summed E-state index contributed by atoms with van der Waals surface area (Å²) in [5, 5.41) is 18.6. The summed E-state index contributed by atoms with van der Waals surface area (Å²) in [5.41, 5.74) is 3.82. The van der Waals surface area contributed by atoms with Gasteiger partial charge in [0, 0.05) is 11.8 Å². The normalized spacial score (nSPS) is 11.3. The van der Waals surface area contributed by atoms with Crippen LogP contribution in [0, 0.1) is 6.92 Å². The molecule has 4 aromatic rings. The number of methoxy groups -OCH3 is 1. The maximum Gasteiger partial charge on any atom is 0.187 e. The number of nitrogens with zero attached hydrogens (tertiary/aromatic N) is 4. The lowest BCUT2D eigenvalue weighted by molar-refractivity contribution is 0.412. The topological polar surface area (TPSA) is 71.5 Å². The lowest BCUT2D eigenvalue weighted by Crippen LogP contribution is -1.88. The molecule has 6 heteroatoms. The molecule has 4 rings (SSSR count). The number of aromatic nitrogens is 2. The molecule has 134 valence electrons. The molecular formula is C21H18N4O2. The molecule has 0 fully saturated rings. The maximum absolute atomic E-state index is 9.94. The summed E-state index contributed by atoms with van der Waals surface area (Å²) in [4.78, 5) is 4.72. The lowest BCUT2D eigenvalue weighted by Gasteiger charge is -2.06. The molecule has 2 aromatic carbocycles. The van der Waals surface area contributed by atoms with Gasteiger partial charge in [-0.25, -0.2) is 4.98 Å². The van der Waals surface area contributed by atoms with Crippen molar-refractivity contribution in [3.05, 3.63) is 72.4 Å². The highest BCUT2D eigenvalue weighted by Crippen LogP contribution is 2.35. The fourth-order valence-corrected chi connectivity index (χ4v) is 2.95. The van der Waals surface area contributed by atoms with Gasteiger partial charge in [0.15, 0.2) is 5.82 Å². The molecular weight excluding hydrogens is 340 g/mol. The van der Waals surface area contributed by atoms with Crippen molar-refractivity contribution in [2.45, 2.75) is 6.92 Å². The summed E-state index contributed by atoms with van der Waals surface area (Å²) in [6, 6.07) is 18.5. The van der Waals surface area contributed by atoms with Gasteiger partial charge < -0.3 is 9.84 Å². The number of fused-ring (bicyclic) bond motifs is 1. The Morgan fingerprint density at radius 1 is 1.00 bits per heavy atom. The molecule has 0 saturated heterocycles. The van der Waals surface area contributed by atoms with Gasteiger partial charge in [0.2, 0.25) is 0 Å². The van der Waals surface area contributed by atoms with Crippen LogP contribution in [-0.2, 0) is 0 Å². The van der Waals surface area contributed by atoms with E-state index in [1.54, 1.807) is 31.4 Å². The van der Waals surface area contributed by atoms with E-state index in [2.05, 4.69) is 10.2 Å². The van der Waals surface area contributed by atoms with Crippen molar-refractivity contribution in [3.63, 3.8) is 0 Å². The largest absolute Gasteiger partial charge is 0.506 e. The predicted octanol–water partition coefficient (Wildman–Crippen LogP) is 5.44. The van der Waals surface area contributed by atoms with Crippen molar-refractivity contribution in [3.8, 4) is 22.8 Å². The number of ether oxygens (including phenoxy) is 1. The summed E-state index contributed by atoms with van der Waals surface area (Å²) >= 11 is 0. The van der Waals surface area contributed by atoms with Gasteiger partial charge in [-0.05, 0) is 55.0 Å². The number of benzene rings is 2. The predicted molar refractivity (Wildman–Crippen MR) is 104 cm³/mol. The number of aryl methyl sites for hydroxylation is 1. The standard InChI is InChI=1S/C21H18N4O2/c1-14-13-15(10-11-18(14)27-2)20-21(25-12-6-5-9-19(25)22-20)24-23-16-7-3-4-8-17(16)26/h3-13,26H,1-2H3. The summed E-state index contributed by atoms with van der Waals surface area (Å²) in [7, 11) is 1.65. The minimum Gasteiger partial charge on any atom is -0.506 e. The first-order valence-electron chi connectivity index (χ1n) is 8.49. The SMILES string of the molecule is COc1ccc(-c2nc3ccccn3c2N=Nc2ccccc2O)cc1C. The first kappa shape index (κ1) is 16.8. The number of phenolic OH excluding ortho intramolecular Hbond substituents is 1. The van der Waals surface area contributed by atoms with Crippen molar-refractivity contribution < 1.29 is 9.84 Å². The van der Waals surface area contributed by atoms with Crippen LogP contribution in [0.25, 0.3) is 16.9 Å². The Morgan fingerprint density at radius 2 is 1.81 bits per heavy atom. The first-order chi connectivity index (χ1) is 13.2. The molecule has 0 amide bonds. The van der Waals surface area contributed by atoms with Gasteiger partial charge in [0.25, 0.3) is 0 Å². The van der Waals surface area contributed by atoms with E-state index >= 15 is 0 Å².